The molecule has 1 unspecified atom stereocenters. The Morgan fingerprint density at radius 2 is 0.778 bits per heavy atom. The Morgan fingerprint density at radius 1 is 0.489 bits per heavy atom. The molecule has 4 rings (SSSR count). The minimum Gasteiger partial charge on any atom is -0.395 e. The largest absolute Gasteiger partial charge is 0.587 e. The molecule has 0 saturated carbocycles. The number of rotatable bonds is 13. The van der Waals surface area contributed by atoms with Crippen molar-refractivity contribution in [2.75, 3.05) is 6.61 Å². The quantitative estimate of drug-likeness (QED) is 0.132. The van der Waals surface area contributed by atoms with Gasteiger partial charge in [-0.2, -0.15) is 0 Å². The Bertz CT molecular complexity index is 1650. The van der Waals surface area contributed by atoms with Crippen LogP contribution in [0.2, 0.25) is 0 Å². The zero-order valence-corrected chi connectivity index (χ0v) is 29.2. The number of phosphoric ester groups is 2. The van der Waals surface area contributed by atoms with Gasteiger partial charge in [0.15, 0.2) is 0 Å². The second-order valence-electron chi connectivity index (χ2n) is 11.5. The highest BCUT2D eigenvalue weighted by atomic mass is 31.2. The molecule has 0 aliphatic rings. The van der Waals surface area contributed by atoms with Gasteiger partial charge in [0.25, 0.3) is 0 Å². The van der Waals surface area contributed by atoms with Crippen LogP contribution >= 0.6 is 15.6 Å². The Balaban J connectivity index is 1.60. The second-order valence-corrected chi connectivity index (χ2v) is 14.5. The predicted molar refractivity (Wildman–Crippen MR) is 178 cm³/mol. The summed E-state index contributed by atoms with van der Waals surface area (Å²) in [5.74, 6) is 1.40. The van der Waals surface area contributed by atoms with Crippen molar-refractivity contribution in [1.29, 1.82) is 0 Å². The highest BCUT2D eigenvalue weighted by Gasteiger charge is 2.38. The van der Waals surface area contributed by atoms with Crippen LogP contribution in [0.4, 0.5) is 0 Å². The molecule has 0 spiro atoms. The van der Waals surface area contributed by atoms with E-state index in [1.807, 2.05) is 104 Å². The molecule has 1 atom stereocenters. The first-order valence-electron chi connectivity index (χ1n) is 14.7. The molecule has 0 amide bonds. The van der Waals surface area contributed by atoms with Crippen LogP contribution in [0.25, 0.3) is 0 Å². The van der Waals surface area contributed by atoms with E-state index in [-0.39, 0.29) is 6.61 Å². The summed E-state index contributed by atoms with van der Waals surface area (Å²) in [6, 6.07) is 21.9. The molecule has 240 valence electrons. The van der Waals surface area contributed by atoms with E-state index in [1.54, 1.807) is 31.2 Å². The molecule has 0 heterocycles. The molecule has 0 aliphatic carbocycles. The normalized spacial score (nSPS) is 12.5. The van der Waals surface area contributed by atoms with E-state index < -0.39 is 21.7 Å². The molecule has 0 fully saturated rings. The smallest absolute Gasteiger partial charge is 0.395 e. The van der Waals surface area contributed by atoms with Crippen molar-refractivity contribution in [3.05, 3.63) is 117 Å². The minimum atomic E-state index is -4.30. The maximum Gasteiger partial charge on any atom is 0.587 e. The van der Waals surface area contributed by atoms with E-state index in [1.165, 1.54) is 0 Å². The molecule has 4 aromatic rings. The summed E-state index contributed by atoms with van der Waals surface area (Å²) in [6.07, 6.45) is -0.925. The number of hydrogen-bond donors (Lipinski definition) is 0. The van der Waals surface area contributed by atoms with E-state index in [0.29, 0.717) is 23.0 Å². The first kappa shape index (κ1) is 34.3. The fourth-order valence-electron chi connectivity index (χ4n) is 4.67. The maximum absolute atomic E-state index is 14.2. The second kappa shape index (κ2) is 14.3. The summed E-state index contributed by atoms with van der Waals surface area (Å²) in [7, 11) is -8.57. The van der Waals surface area contributed by atoms with Crippen molar-refractivity contribution in [2.24, 2.45) is 0 Å². The lowest BCUT2D eigenvalue weighted by Gasteiger charge is -2.25. The zero-order valence-electron chi connectivity index (χ0n) is 27.4. The van der Waals surface area contributed by atoms with Crippen molar-refractivity contribution in [2.45, 2.75) is 68.4 Å². The SMILES string of the molecule is Cc1ccc(OP(=O)(OCC(C)OP(=O)(Oc2ccc(C)cc2C)Oc2ccc(C)cc2C)Oc2ccc(C)cc2C)c(C)c1. The van der Waals surface area contributed by atoms with Gasteiger partial charge in [-0.3, -0.25) is 9.05 Å². The summed E-state index contributed by atoms with van der Waals surface area (Å²) >= 11 is 0. The standard InChI is InChI=1S/C35H42O8P2/c1-23-10-14-32(27(5)18-23)40-44(36,41-33-15-11-24(2)19-28(33)6)38-22-31(9)39-45(37,42-34-16-12-25(3)20-29(34)7)43-35-17-13-26(4)21-30(35)8/h10-21,31H,22H2,1-9H3. The van der Waals surface area contributed by atoms with Gasteiger partial charge in [0.2, 0.25) is 0 Å². The summed E-state index contributed by atoms with van der Waals surface area (Å²) in [5, 5.41) is 0. The van der Waals surface area contributed by atoms with Crippen LogP contribution in [-0.2, 0) is 18.2 Å². The van der Waals surface area contributed by atoms with E-state index in [2.05, 4.69) is 0 Å². The molecule has 45 heavy (non-hydrogen) atoms. The topological polar surface area (TPSA) is 89.5 Å². The van der Waals surface area contributed by atoms with Crippen molar-refractivity contribution in [1.82, 2.24) is 0 Å². The van der Waals surface area contributed by atoms with Gasteiger partial charge in [-0.15, -0.1) is 0 Å². The average Bonchev–Trinajstić information content (AvgIpc) is 2.94. The van der Waals surface area contributed by atoms with Crippen molar-refractivity contribution < 1.29 is 36.3 Å². The third-order valence-electron chi connectivity index (χ3n) is 6.94. The Labute approximate surface area is 266 Å². The van der Waals surface area contributed by atoms with Crippen LogP contribution in [0.3, 0.4) is 0 Å². The summed E-state index contributed by atoms with van der Waals surface area (Å²) < 4.78 is 64.0. The summed E-state index contributed by atoms with van der Waals surface area (Å²) in [6.45, 7) is 16.5. The molecule has 0 aliphatic heterocycles. The van der Waals surface area contributed by atoms with Gasteiger partial charge in [0.05, 0.1) is 12.7 Å². The van der Waals surface area contributed by atoms with Gasteiger partial charge in [-0.05, 0) is 109 Å². The minimum absolute atomic E-state index is 0.316. The van der Waals surface area contributed by atoms with Gasteiger partial charge in [-0.1, -0.05) is 70.8 Å². The van der Waals surface area contributed by atoms with Crippen LogP contribution in [-0.4, -0.2) is 12.7 Å². The molecule has 8 nitrogen and oxygen atoms in total. The monoisotopic (exact) mass is 652 g/mol. The van der Waals surface area contributed by atoms with Gasteiger partial charge in [0, 0.05) is 0 Å². The molecule has 0 aromatic heterocycles. The predicted octanol–water partition coefficient (Wildman–Crippen LogP) is 10.4. The van der Waals surface area contributed by atoms with Gasteiger partial charge in [-0.25, -0.2) is 9.13 Å². The molecular formula is C35H42O8P2. The highest BCUT2D eigenvalue weighted by Crippen LogP contribution is 2.54. The molecular weight excluding hydrogens is 610 g/mol. The first-order chi connectivity index (χ1) is 21.1. The Kier molecular flexibility index (Phi) is 10.9. The van der Waals surface area contributed by atoms with Crippen LogP contribution in [0.1, 0.15) is 51.4 Å². The number of benzene rings is 4. The van der Waals surface area contributed by atoms with Crippen molar-refractivity contribution in [3.63, 3.8) is 0 Å². The van der Waals surface area contributed by atoms with Gasteiger partial charge >= 0.3 is 15.6 Å². The summed E-state index contributed by atoms with van der Waals surface area (Å²) in [5.41, 5.74) is 7.15. The lowest BCUT2D eigenvalue weighted by atomic mass is 10.1. The zero-order chi connectivity index (χ0) is 32.9. The lowest BCUT2D eigenvalue weighted by molar-refractivity contribution is 0.0918. The van der Waals surface area contributed by atoms with Crippen molar-refractivity contribution >= 4 is 15.6 Å². The number of hydrogen-bond acceptors (Lipinski definition) is 8. The number of aryl methyl sites for hydroxylation is 8. The molecule has 0 bridgehead atoms. The fraction of sp³-hybridized carbons (Fsp3) is 0.314. The molecule has 0 N–H and O–H groups in total. The van der Waals surface area contributed by atoms with E-state index in [9.17, 15) is 9.13 Å². The van der Waals surface area contributed by atoms with Crippen molar-refractivity contribution in [3.8, 4) is 23.0 Å². The van der Waals surface area contributed by atoms with Crippen LogP contribution < -0.4 is 18.1 Å². The highest BCUT2D eigenvalue weighted by molar-refractivity contribution is 7.49. The Hall–Kier alpha value is -3.54. The summed E-state index contributed by atoms with van der Waals surface area (Å²) in [4.78, 5) is 0. The lowest BCUT2D eigenvalue weighted by Crippen LogP contribution is -2.20. The third kappa shape index (κ3) is 9.48. The first-order valence-corrected chi connectivity index (χ1v) is 17.7. The molecule has 4 aromatic carbocycles. The molecule has 10 heteroatoms. The van der Waals surface area contributed by atoms with E-state index in [0.717, 1.165) is 44.5 Å². The number of phosphoric acid groups is 2. The molecule has 0 radical (unpaired) electrons. The van der Waals surface area contributed by atoms with Gasteiger partial charge in [0.1, 0.15) is 23.0 Å². The van der Waals surface area contributed by atoms with E-state index >= 15 is 0 Å². The maximum atomic E-state index is 14.2. The Morgan fingerprint density at radius 3 is 1.07 bits per heavy atom. The fourth-order valence-corrected chi connectivity index (χ4v) is 7.61. The van der Waals surface area contributed by atoms with Gasteiger partial charge < -0.3 is 18.1 Å². The van der Waals surface area contributed by atoms with Crippen LogP contribution in [0, 0.1) is 55.4 Å². The molecule has 0 saturated heterocycles. The van der Waals surface area contributed by atoms with E-state index in [4.69, 9.17) is 27.1 Å². The average molecular weight is 653 g/mol. The van der Waals surface area contributed by atoms with Crippen LogP contribution in [0.15, 0.2) is 72.8 Å². The third-order valence-corrected chi connectivity index (χ3v) is 9.70. The van der Waals surface area contributed by atoms with Crippen LogP contribution in [0.5, 0.6) is 23.0 Å².